The topological polar surface area (TPSA) is 59.7 Å². The number of aromatic nitrogens is 3. The number of furan rings is 1. The van der Waals surface area contributed by atoms with Crippen molar-refractivity contribution in [2.24, 2.45) is 0 Å². The molecule has 0 saturated carbocycles. The fraction of sp³-hybridized carbons (Fsp3) is 0. The summed E-state index contributed by atoms with van der Waals surface area (Å²) in [5.41, 5.74) is 11.7. The van der Waals surface area contributed by atoms with Gasteiger partial charge >= 0.3 is 0 Å². The van der Waals surface area contributed by atoms with Crippen LogP contribution in [-0.2, 0) is 0 Å². The maximum atomic E-state index is 10.2. The number of benzene rings is 7. The van der Waals surface area contributed by atoms with Gasteiger partial charge in [-0.1, -0.05) is 97.1 Å². The van der Waals surface area contributed by atoms with Crippen LogP contribution in [0.2, 0.25) is 0 Å². The zero-order valence-electron chi connectivity index (χ0n) is 28.4. The van der Waals surface area contributed by atoms with Gasteiger partial charge in [-0.2, -0.15) is 5.26 Å². The first-order valence-electron chi connectivity index (χ1n) is 17.7. The molecule has 5 nitrogen and oxygen atoms in total. The SMILES string of the molecule is N#Cc1ccc(-n2c3ccccc3c3ccccc32)c(-c2cccnc2-n2c3ccccc3c3cc(-c4cccc5c4oc4ccccc45)ccc32)c1. The Kier molecular flexibility index (Phi) is 6.25. The Balaban J connectivity index is 1.17. The van der Waals surface area contributed by atoms with Crippen LogP contribution in [-0.4, -0.2) is 14.1 Å². The third-order valence-electron chi connectivity index (χ3n) is 10.6. The molecule has 0 aliphatic heterocycles. The molecule has 0 bridgehead atoms. The minimum absolute atomic E-state index is 0.589. The zero-order chi connectivity index (χ0) is 35.0. The highest BCUT2D eigenvalue weighted by Crippen LogP contribution is 2.42. The largest absolute Gasteiger partial charge is 0.455 e. The first-order valence-corrected chi connectivity index (χ1v) is 17.7. The zero-order valence-corrected chi connectivity index (χ0v) is 28.4. The van der Waals surface area contributed by atoms with E-state index in [1.807, 2.05) is 36.5 Å². The molecule has 0 aliphatic rings. The molecule has 11 rings (SSSR count). The molecule has 0 N–H and O–H groups in total. The molecule has 0 fully saturated rings. The fourth-order valence-corrected chi connectivity index (χ4v) is 8.33. The smallest absolute Gasteiger partial charge is 0.145 e. The molecule has 53 heavy (non-hydrogen) atoms. The van der Waals surface area contributed by atoms with E-state index in [2.05, 4.69) is 149 Å². The number of hydrogen-bond donors (Lipinski definition) is 0. The van der Waals surface area contributed by atoms with Crippen molar-refractivity contribution >= 4 is 65.6 Å². The summed E-state index contributed by atoms with van der Waals surface area (Å²) in [5, 5.41) is 17.0. The highest BCUT2D eigenvalue weighted by atomic mass is 16.3. The van der Waals surface area contributed by atoms with Gasteiger partial charge in [-0.15, -0.1) is 0 Å². The van der Waals surface area contributed by atoms with Gasteiger partial charge in [0.05, 0.1) is 39.4 Å². The molecule has 0 aliphatic carbocycles. The lowest BCUT2D eigenvalue weighted by Gasteiger charge is -2.18. The summed E-state index contributed by atoms with van der Waals surface area (Å²) in [6, 6.07) is 59.2. The van der Waals surface area contributed by atoms with E-state index in [-0.39, 0.29) is 0 Å². The minimum Gasteiger partial charge on any atom is -0.455 e. The summed E-state index contributed by atoms with van der Waals surface area (Å²) in [7, 11) is 0. The number of hydrogen-bond acceptors (Lipinski definition) is 3. The predicted molar refractivity (Wildman–Crippen MR) is 216 cm³/mol. The van der Waals surface area contributed by atoms with E-state index < -0.39 is 0 Å². The standard InChI is InChI=1S/C48H28N4O/c49-29-30-22-24-44(51-41-18-5-1-11-33(41)34-12-2-6-19-42(34)51)39(27-30)38-17-10-26-50-48(38)52-43-20-7-3-13-35(43)40-28-31(23-25-45(40)52)32-15-9-16-37-36-14-4-8-21-46(36)53-47(32)37/h1-28H. The first kappa shape index (κ1) is 29.3. The van der Waals surface area contributed by atoms with Crippen LogP contribution in [0, 0.1) is 11.3 Å². The maximum Gasteiger partial charge on any atom is 0.145 e. The predicted octanol–water partition coefficient (Wildman–Crippen LogP) is 12.4. The highest BCUT2D eigenvalue weighted by Gasteiger charge is 2.22. The lowest BCUT2D eigenvalue weighted by Crippen LogP contribution is -2.03. The molecular weight excluding hydrogens is 649 g/mol. The second-order valence-electron chi connectivity index (χ2n) is 13.5. The Bertz CT molecular complexity index is 3260. The summed E-state index contributed by atoms with van der Waals surface area (Å²) in [6.45, 7) is 0. The molecule has 0 amide bonds. The molecule has 0 saturated heterocycles. The first-order chi connectivity index (χ1) is 26.3. The van der Waals surface area contributed by atoms with E-state index in [9.17, 15) is 5.26 Å². The third-order valence-corrected chi connectivity index (χ3v) is 10.6. The van der Waals surface area contributed by atoms with Crippen LogP contribution < -0.4 is 0 Å². The third kappa shape index (κ3) is 4.27. The summed E-state index contributed by atoms with van der Waals surface area (Å²) in [6.07, 6.45) is 1.85. The van der Waals surface area contributed by atoms with Gasteiger partial charge in [-0.3, -0.25) is 4.57 Å². The molecule has 11 aromatic rings. The number of para-hydroxylation sites is 5. The van der Waals surface area contributed by atoms with E-state index in [0.29, 0.717) is 5.56 Å². The van der Waals surface area contributed by atoms with Crippen LogP contribution in [0.1, 0.15) is 5.56 Å². The summed E-state index contributed by atoms with van der Waals surface area (Å²) in [4.78, 5) is 5.10. The number of rotatable bonds is 4. The van der Waals surface area contributed by atoms with Gasteiger partial charge < -0.3 is 8.98 Å². The minimum atomic E-state index is 0.589. The van der Waals surface area contributed by atoms with E-state index in [1.54, 1.807) is 0 Å². The van der Waals surface area contributed by atoms with Crippen molar-refractivity contribution in [3.63, 3.8) is 0 Å². The Morgan fingerprint density at radius 3 is 1.85 bits per heavy atom. The quantitative estimate of drug-likeness (QED) is 0.186. The monoisotopic (exact) mass is 676 g/mol. The summed E-state index contributed by atoms with van der Waals surface area (Å²) >= 11 is 0. The lowest BCUT2D eigenvalue weighted by molar-refractivity contribution is 0.670. The van der Waals surface area contributed by atoms with Gasteiger partial charge in [0.1, 0.15) is 17.0 Å². The van der Waals surface area contributed by atoms with Crippen molar-refractivity contribution in [1.82, 2.24) is 14.1 Å². The van der Waals surface area contributed by atoms with Crippen LogP contribution in [0.4, 0.5) is 0 Å². The van der Waals surface area contributed by atoms with E-state index in [1.165, 1.54) is 10.8 Å². The van der Waals surface area contributed by atoms with Gasteiger partial charge in [0.2, 0.25) is 0 Å². The molecule has 0 unspecified atom stereocenters. The molecule has 0 radical (unpaired) electrons. The highest BCUT2D eigenvalue weighted by molar-refractivity contribution is 6.14. The van der Waals surface area contributed by atoms with Crippen molar-refractivity contribution in [2.45, 2.75) is 0 Å². The van der Waals surface area contributed by atoms with E-state index in [0.717, 1.165) is 88.5 Å². The molecule has 7 aromatic carbocycles. The van der Waals surface area contributed by atoms with Crippen molar-refractivity contribution in [3.8, 4) is 39.8 Å². The van der Waals surface area contributed by atoms with Gasteiger partial charge in [0, 0.05) is 55.2 Å². The molecule has 0 spiro atoms. The number of nitrogens with zero attached hydrogens (tertiary/aromatic N) is 4. The fourth-order valence-electron chi connectivity index (χ4n) is 8.33. The number of nitriles is 1. The molecule has 4 aromatic heterocycles. The second kappa shape index (κ2) is 11.3. The van der Waals surface area contributed by atoms with Gasteiger partial charge in [0.25, 0.3) is 0 Å². The molecule has 4 heterocycles. The molecule has 0 atom stereocenters. The van der Waals surface area contributed by atoms with Gasteiger partial charge in [-0.25, -0.2) is 4.98 Å². The van der Waals surface area contributed by atoms with Gasteiger partial charge in [-0.05, 0) is 72.3 Å². The lowest BCUT2D eigenvalue weighted by atomic mass is 10.00. The van der Waals surface area contributed by atoms with Crippen molar-refractivity contribution in [2.75, 3.05) is 0 Å². The Morgan fingerprint density at radius 1 is 0.472 bits per heavy atom. The number of pyridine rings is 1. The average molecular weight is 677 g/mol. The normalized spacial score (nSPS) is 11.8. The average Bonchev–Trinajstić information content (AvgIpc) is 3.88. The van der Waals surface area contributed by atoms with Crippen LogP contribution in [0.25, 0.3) is 99.3 Å². The summed E-state index contributed by atoms with van der Waals surface area (Å²) in [5.74, 6) is 0.794. The van der Waals surface area contributed by atoms with Crippen molar-refractivity contribution in [1.29, 1.82) is 5.26 Å². The second-order valence-corrected chi connectivity index (χ2v) is 13.5. The van der Waals surface area contributed by atoms with Crippen molar-refractivity contribution < 1.29 is 4.42 Å². The Hall–Kier alpha value is -7.42. The molecular formula is C48H28N4O. The van der Waals surface area contributed by atoms with Crippen molar-refractivity contribution in [3.05, 3.63) is 176 Å². The van der Waals surface area contributed by atoms with E-state index >= 15 is 0 Å². The Labute approximate surface area is 303 Å². The molecule has 5 heteroatoms. The van der Waals surface area contributed by atoms with Crippen LogP contribution >= 0.6 is 0 Å². The number of fused-ring (bicyclic) bond motifs is 9. The Morgan fingerprint density at radius 2 is 1.09 bits per heavy atom. The van der Waals surface area contributed by atoms with Crippen LogP contribution in [0.5, 0.6) is 0 Å². The van der Waals surface area contributed by atoms with Gasteiger partial charge in [0.15, 0.2) is 0 Å². The maximum absolute atomic E-state index is 10.2. The van der Waals surface area contributed by atoms with Crippen LogP contribution in [0.3, 0.4) is 0 Å². The summed E-state index contributed by atoms with van der Waals surface area (Å²) < 4.78 is 11.0. The van der Waals surface area contributed by atoms with Crippen LogP contribution in [0.15, 0.2) is 174 Å². The van der Waals surface area contributed by atoms with E-state index in [4.69, 9.17) is 9.40 Å². The molecule has 246 valence electrons.